The standard InChI is InChI=1S/C28H26F4N6O2/c1-4-37-25(15-40-14-17-8-6-5-7-9-17)36-38(27(37)39)24-11-19-18(16(2)3)10-22(34-23(19)12-21(24)29)20-13-33-35-26(20)28(30,31)32/h5-13,16H,4,14-15H2,1-3H3,(H,33,35). The van der Waals surface area contributed by atoms with Gasteiger partial charge in [0.2, 0.25) is 0 Å². The second-order valence-corrected chi connectivity index (χ2v) is 9.55. The molecule has 12 heteroatoms. The molecule has 5 aromatic rings. The topological polar surface area (TPSA) is 90.6 Å². The molecular weight excluding hydrogens is 528 g/mol. The van der Waals surface area contributed by atoms with Gasteiger partial charge in [0.05, 0.1) is 23.4 Å². The van der Waals surface area contributed by atoms with Crippen LogP contribution in [0.3, 0.4) is 0 Å². The number of ether oxygens (including phenoxy) is 1. The summed E-state index contributed by atoms with van der Waals surface area (Å²) in [5.41, 5.74) is -0.235. The molecule has 0 aliphatic rings. The molecule has 0 amide bonds. The molecule has 208 valence electrons. The van der Waals surface area contributed by atoms with Gasteiger partial charge in [0.15, 0.2) is 17.3 Å². The minimum absolute atomic E-state index is 0.00899. The predicted molar refractivity (Wildman–Crippen MR) is 140 cm³/mol. The van der Waals surface area contributed by atoms with Gasteiger partial charge < -0.3 is 4.74 Å². The Morgan fingerprint density at radius 2 is 1.82 bits per heavy atom. The Balaban J connectivity index is 1.57. The number of alkyl halides is 3. The molecule has 2 aromatic carbocycles. The Kier molecular flexibility index (Phi) is 7.28. The van der Waals surface area contributed by atoms with Crippen molar-refractivity contribution in [2.24, 2.45) is 0 Å². The quantitative estimate of drug-likeness (QED) is 0.238. The fraction of sp³-hybridized carbons (Fsp3) is 0.286. The van der Waals surface area contributed by atoms with E-state index in [1.54, 1.807) is 6.92 Å². The van der Waals surface area contributed by atoms with Crippen molar-refractivity contribution in [3.63, 3.8) is 0 Å². The van der Waals surface area contributed by atoms with Crippen LogP contribution in [0.15, 0.2) is 59.5 Å². The molecule has 0 unspecified atom stereocenters. The number of fused-ring (bicyclic) bond motifs is 1. The van der Waals surface area contributed by atoms with E-state index in [1.807, 2.05) is 44.2 Å². The van der Waals surface area contributed by atoms with Crippen LogP contribution in [0.4, 0.5) is 17.6 Å². The van der Waals surface area contributed by atoms with Crippen molar-refractivity contribution in [1.29, 1.82) is 0 Å². The highest BCUT2D eigenvalue weighted by Gasteiger charge is 2.37. The maximum Gasteiger partial charge on any atom is 0.435 e. The van der Waals surface area contributed by atoms with Crippen molar-refractivity contribution in [3.05, 3.63) is 93.7 Å². The molecule has 3 heterocycles. The Morgan fingerprint density at radius 1 is 1.07 bits per heavy atom. The molecule has 0 bridgehead atoms. The highest BCUT2D eigenvalue weighted by atomic mass is 19.4. The molecular formula is C28H26F4N6O2. The highest BCUT2D eigenvalue weighted by Crippen LogP contribution is 2.37. The van der Waals surface area contributed by atoms with E-state index in [4.69, 9.17) is 4.74 Å². The summed E-state index contributed by atoms with van der Waals surface area (Å²) < 4.78 is 64.1. The van der Waals surface area contributed by atoms with E-state index in [0.717, 1.165) is 22.5 Å². The van der Waals surface area contributed by atoms with Crippen molar-refractivity contribution in [1.82, 2.24) is 29.5 Å². The van der Waals surface area contributed by atoms with Gasteiger partial charge in [-0.3, -0.25) is 9.67 Å². The number of nitrogens with zero attached hydrogens (tertiary/aromatic N) is 5. The Labute approximate surface area is 226 Å². The van der Waals surface area contributed by atoms with Crippen LogP contribution in [-0.2, 0) is 30.7 Å². The zero-order valence-corrected chi connectivity index (χ0v) is 22.0. The molecule has 0 saturated heterocycles. The molecule has 40 heavy (non-hydrogen) atoms. The molecule has 0 radical (unpaired) electrons. The lowest BCUT2D eigenvalue weighted by atomic mass is 9.96. The van der Waals surface area contributed by atoms with Gasteiger partial charge in [0.1, 0.15) is 12.3 Å². The van der Waals surface area contributed by atoms with Crippen LogP contribution >= 0.6 is 0 Å². The van der Waals surface area contributed by atoms with E-state index < -0.39 is 23.4 Å². The molecule has 5 rings (SSSR count). The van der Waals surface area contributed by atoms with Crippen LogP contribution < -0.4 is 5.69 Å². The van der Waals surface area contributed by atoms with Gasteiger partial charge in [0.25, 0.3) is 0 Å². The van der Waals surface area contributed by atoms with E-state index >= 15 is 4.39 Å². The van der Waals surface area contributed by atoms with Gasteiger partial charge in [0, 0.05) is 24.2 Å². The van der Waals surface area contributed by atoms with Crippen LogP contribution in [0.2, 0.25) is 0 Å². The minimum atomic E-state index is -4.69. The van der Waals surface area contributed by atoms with Gasteiger partial charge in [-0.1, -0.05) is 44.2 Å². The summed E-state index contributed by atoms with van der Waals surface area (Å²) in [6.07, 6.45) is -3.58. The molecule has 0 spiro atoms. The molecule has 0 fully saturated rings. The van der Waals surface area contributed by atoms with Crippen molar-refractivity contribution in [2.75, 3.05) is 0 Å². The molecule has 0 aliphatic heterocycles. The zero-order chi connectivity index (χ0) is 28.6. The number of rotatable bonds is 8. The number of aromatic nitrogens is 6. The monoisotopic (exact) mass is 554 g/mol. The number of halogens is 4. The van der Waals surface area contributed by atoms with Gasteiger partial charge in [-0.2, -0.15) is 23.0 Å². The lowest BCUT2D eigenvalue weighted by Crippen LogP contribution is -2.24. The summed E-state index contributed by atoms with van der Waals surface area (Å²) >= 11 is 0. The summed E-state index contributed by atoms with van der Waals surface area (Å²) in [6.45, 7) is 6.15. The zero-order valence-electron chi connectivity index (χ0n) is 22.0. The maximum absolute atomic E-state index is 15.5. The number of H-pyrrole nitrogens is 1. The Hall–Kier alpha value is -4.32. The highest BCUT2D eigenvalue weighted by molar-refractivity contribution is 5.87. The van der Waals surface area contributed by atoms with E-state index in [-0.39, 0.29) is 35.0 Å². The number of hydrogen-bond donors (Lipinski definition) is 1. The van der Waals surface area contributed by atoms with Crippen LogP contribution in [0, 0.1) is 5.82 Å². The van der Waals surface area contributed by atoms with E-state index in [2.05, 4.69) is 20.3 Å². The number of hydrogen-bond acceptors (Lipinski definition) is 5. The average Bonchev–Trinajstić information content (AvgIpc) is 3.53. The smallest absolute Gasteiger partial charge is 0.369 e. The van der Waals surface area contributed by atoms with Crippen LogP contribution in [-0.4, -0.2) is 29.5 Å². The predicted octanol–water partition coefficient (Wildman–Crippen LogP) is 5.99. The van der Waals surface area contributed by atoms with Crippen molar-refractivity contribution in [2.45, 2.75) is 52.6 Å². The van der Waals surface area contributed by atoms with Crippen LogP contribution in [0.1, 0.15) is 49.3 Å². The largest absolute Gasteiger partial charge is 0.435 e. The third-order valence-electron chi connectivity index (χ3n) is 6.54. The second-order valence-electron chi connectivity index (χ2n) is 9.55. The van der Waals surface area contributed by atoms with E-state index in [1.165, 1.54) is 16.7 Å². The third-order valence-corrected chi connectivity index (χ3v) is 6.54. The first-order valence-electron chi connectivity index (χ1n) is 12.6. The van der Waals surface area contributed by atoms with Gasteiger partial charge in [-0.15, -0.1) is 5.10 Å². The first kappa shape index (κ1) is 27.3. The molecule has 1 N–H and O–H groups in total. The lowest BCUT2D eigenvalue weighted by Gasteiger charge is -2.14. The number of pyridine rings is 1. The van der Waals surface area contributed by atoms with Crippen LogP contribution in [0.5, 0.6) is 0 Å². The van der Waals surface area contributed by atoms with E-state index in [9.17, 15) is 18.0 Å². The first-order chi connectivity index (χ1) is 19.1. The molecule has 0 aliphatic carbocycles. The van der Waals surface area contributed by atoms with Crippen molar-refractivity contribution >= 4 is 10.9 Å². The van der Waals surface area contributed by atoms with Crippen LogP contribution in [0.25, 0.3) is 27.8 Å². The van der Waals surface area contributed by atoms with Gasteiger partial charge in [-0.25, -0.2) is 14.2 Å². The summed E-state index contributed by atoms with van der Waals surface area (Å²) in [5, 5.41) is 10.4. The summed E-state index contributed by atoms with van der Waals surface area (Å²) in [5.74, 6) is -0.620. The van der Waals surface area contributed by atoms with Crippen molar-refractivity contribution < 1.29 is 22.3 Å². The summed E-state index contributed by atoms with van der Waals surface area (Å²) in [6, 6.07) is 13.6. The van der Waals surface area contributed by atoms with E-state index in [0.29, 0.717) is 29.9 Å². The fourth-order valence-electron chi connectivity index (χ4n) is 4.59. The van der Waals surface area contributed by atoms with Gasteiger partial charge in [-0.05, 0) is 36.1 Å². The minimum Gasteiger partial charge on any atom is -0.369 e. The number of nitrogens with one attached hydrogen (secondary N) is 1. The van der Waals surface area contributed by atoms with Crippen molar-refractivity contribution in [3.8, 4) is 16.9 Å². The lowest BCUT2D eigenvalue weighted by molar-refractivity contribution is -0.140. The first-order valence-corrected chi connectivity index (χ1v) is 12.6. The normalized spacial score (nSPS) is 12.1. The second kappa shape index (κ2) is 10.7. The summed E-state index contributed by atoms with van der Waals surface area (Å²) in [4.78, 5) is 17.5. The maximum atomic E-state index is 15.5. The Morgan fingerprint density at radius 3 is 2.50 bits per heavy atom. The summed E-state index contributed by atoms with van der Waals surface area (Å²) in [7, 11) is 0. The molecule has 3 aromatic heterocycles. The molecule has 0 saturated carbocycles. The number of aromatic amines is 1. The SMILES string of the molecule is CCn1c(COCc2ccccc2)nn(-c2cc3c(C(C)C)cc(-c4c[nH]nc4C(F)(F)F)nc3cc2F)c1=O. The fourth-order valence-corrected chi connectivity index (χ4v) is 4.59. The number of benzene rings is 2. The average molecular weight is 555 g/mol. The molecule has 8 nitrogen and oxygen atoms in total. The molecule has 0 atom stereocenters. The van der Waals surface area contributed by atoms with Gasteiger partial charge >= 0.3 is 11.9 Å². The Bertz CT molecular complexity index is 1720. The third kappa shape index (κ3) is 5.14.